The van der Waals surface area contributed by atoms with Crippen LogP contribution in [-0.2, 0) is 4.57 Å². The molecule has 1 aromatic heterocycles. The lowest BCUT2D eigenvalue weighted by Gasteiger charge is -2.25. The zero-order chi connectivity index (χ0) is 30.6. The number of fused-ring (bicyclic) bond motifs is 2. The number of benzene rings is 2. The van der Waals surface area contributed by atoms with Crippen molar-refractivity contribution in [1.29, 1.82) is 0 Å². The van der Waals surface area contributed by atoms with E-state index < -0.39 is 38.6 Å². The first-order chi connectivity index (χ1) is 20.5. The van der Waals surface area contributed by atoms with Crippen LogP contribution in [0.3, 0.4) is 0 Å². The summed E-state index contributed by atoms with van der Waals surface area (Å²) in [4.78, 5) is 66.8. The van der Waals surface area contributed by atoms with Crippen LogP contribution in [0.15, 0.2) is 41.3 Å². The number of esters is 1. The Morgan fingerprint density at radius 2 is 1.88 bits per heavy atom. The molecule has 3 aromatic rings. The molecule has 3 fully saturated rings. The monoisotopic (exact) mass is 635 g/mol. The highest BCUT2D eigenvalue weighted by Crippen LogP contribution is 2.65. The lowest BCUT2D eigenvalue weighted by atomic mass is 9.94. The smallest absolute Gasteiger partial charge is 0.349 e. The third kappa shape index (κ3) is 5.71. The number of aromatic nitrogens is 1. The summed E-state index contributed by atoms with van der Waals surface area (Å²) in [6.45, 7) is 2.21. The van der Waals surface area contributed by atoms with E-state index in [1.807, 2.05) is 4.90 Å². The van der Waals surface area contributed by atoms with Crippen molar-refractivity contribution < 1.29 is 42.8 Å². The molecule has 3 aliphatic rings. The van der Waals surface area contributed by atoms with Gasteiger partial charge >= 0.3 is 13.6 Å². The van der Waals surface area contributed by atoms with E-state index in [9.17, 15) is 33.7 Å². The summed E-state index contributed by atoms with van der Waals surface area (Å²) in [5.74, 6) is -1.01. The molecular weight excluding hydrogens is 603 g/mol. The van der Waals surface area contributed by atoms with Crippen molar-refractivity contribution in [3.8, 4) is 11.5 Å². The fourth-order valence-corrected chi connectivity index (χ4v) is 8.35. The minimum atomic E-state index is -4.88. The number of anilines is 1. The predicted molar refractivity (Wildman–Crippen MR) is 157 cm³/mol. The number of methoxy groups -OCH3 is 1. The molecule has 1 aliphatic carbocycles. The van der Waals surface area contributed by atoms with Crippen molar-refractivity contribution in [1.82, 2.24) is 9.88 Å². The van der Waals surface area contributed by atoms with Crippen molar-refractivity contribution in [3.63, 3.8) is 0 Å². The number of carbonyl (C=O) groups is 1. The van der Waals surface area contributed by atoms with Gasteiger partial charge in [0.25, 0.3) is 0 Å². The fourth-order valence-electron chi connectivity index (χ4n) is 6.28. The second-order valence-electron chi connectivity index (χ2n) is 11.3. The summed E-state index contributed by atoms with van der Waals surface area (Å²) in [7, 11) is -6.43. The van der Waals surface area contributed by atoms with Crippen molar-refractivity contribution in [2.45, 2.75) is 43.2 Å². The molecule has 0 bridgehead atoms. The Morgan fingerprint density at radius 1 is 1.16 bits per heavy atom. The number of nitrogens with zero attached hydrogens (tertiary/aromatic N) is 2. The highest BCUT2D eigenvalue weighted by molar-refractivity contribution is 7.67. The maximum Gasteiger partial charge on any atom is 0.349 e. The van der Waals surface area contributed by atoms with Crippen molar-refractivity contribution in [2.24, 2.45) is 5.92 Å². The number of hydrogen-bond donors (Lipinski definition) is 5. The minimum absolute atomic E-state index is 0.00623. The summed E-state index contributed by atoms with van der Waals surface area (Å²) in [5, 5.41) is 1.68. The van der Waals surface area contributed by atoms with Crippen LogP contribution in [0, 0.1) is 11.7 Å². The average molecular weight is 636 g/mol. The lowest BCUT2D eigenvalue weighted by molar-refractivity contribution is 0.0732. The van der Waals surface area contributed by atoms with Crippen molar-refractivity contribution in [3.05, 3.63) is 63.7 Å². The number of pyridine rings is 1. The van der Waals surface area contributed by atoms with Crippen LogP contribution in [0.2, 0.25) is 0 Å². The molecule has 43 heavy (non-hydrogen) atoms. The number of piperidine rings is 1. The molecule has 12 nitrogen and oxygen atoms in total. The number of hydrogen-bond acceptors (Lipinski definition) is 9. The van der Waals surface area contributed by atoms with Gasteiger partial charge in [0.05, 0.1) is 18.0 Å². The molecule has 0 spiro atoms. The Bertz CT molecular complexity index is 1660. The number of carbonyl (C=O) groups excluding carboxylic acids is 1. The second kappa shape index (κ2) is 11.6. The number of rotatable bonds is 8. The zero-order valence-corrected chi connectivity index (χ0v) is 25.0. The zero-order valence-electron chi connectivity index (χ0n) is 23.2. The number of halogens is 1. The largest absolute Gasteiger partial charge is 0.492 e. The van der Waals surface area contributed by atoms with Crippen molar-refractivity contribution >= 4 is 38.5 Å². The molecule has 2 aromatic carbocycles. The third-order valence-corrected chi connectivity index (χ3v) is 11.6. The van der Waals surface area contributed by atoms with Gasteiger partial charge in [0, 0.05) is 31.4 Å². The highest BCUT2D eigenvalue weighted by atomic mass is 31.2. The van der Waals surface area contributed by atoms with Gasteiger partial charge in [-0.25, -0.2) is 9.18 Å². The molecule has 0 radical (unpaired) electrons. The Balaban J connectivity index is 1.36. The first kappa shape index (κ1) is 30.1. The molecule has 0 amide bonds. The van der Waals surface area contributed by atoms with Crippen LogP contribution in [0.5, 0.6) is 11.5 Å². The first-order valence-corrected chi connectivity index (χ1v) is 17.0. The number of nitrogens with one attached hydrogen (secondary N) is 1. The molecule has 2 saturated heterocycles. The maximum absolute atomic E-state index is 15.9. The van der Waals surface area contributed by atoms with E-state index >= 15 is 4.39 Å². The maximum atomic E-state index is 15.9. The summed E-state index contributed by atoms with van der Waals surface area (Å²) in [6.07, 6.45) is 5.16. The molecule has 3 atom stereocenters. The second-order valence-corrected chi connectivity index (χ2v) is 14.5. The standard InChI is InChI=1S/C28H32FN3O9P2/c1-40-26-23-19(11-21(29)24(26)31-12-16-3-2-10-30-22(16)14-31)25(33)20(13-32(23)17-6-7-17)27(34)41-18-8-4-15(5-9-18)28(42(35)36)43(37,38)39/h4-5,8-9,11,13,16-17,22,28,30,35-36H,2-3,6-7,10,12,14H2,1H3,(H2,37,38,39). The van der Waals surface area contributed by atoms with Gasteiger partial charge in [-0.3, -0.25) is 9.36 Å². The molecular formula is C28H32FN3O9P2. The summed E-state index contributed by atoms with van der Waals surface area (Å²) in [6, 6.07) is 6.26. The Morgan fingerprint density at radius 3 is 2.49 bits per heavy atom. The predicted octanol–water partition coefficient (Wildman–Crippen LogP) is 3.36. The highest BCUT2D eigenvalue weighted by Gasteiger charge is 2.39. The molecule has 15 heteroatoms. The van der Waals surface area contributed by atoms with Gasteiger partial charge in [-0.15, -0.1) is 0 Å². The quantitative estimate of drug-likeness (QED) is 0.140. The Labute approximate surface area is 247 Å². The molecule has 3 unspecified atom stereocenters. The molecule has 3 heterocycles. The third-order valence-electron chi connectivity index (χ3n) is 8.40. The van der Waals surface area contributed by atoms with Crippen LogP contribution in [0.25, 0.3) is 10.9 Å². The van der Waals surface area contributed by atoms with Gasteiger partial charge in [-0.05, 0) is 61.9 Å². The Hall–Kier alpha value is -2.89. The van der Waals surface area contributed by atoms with Gasteiger partial charge in [0.1, 0.15) is 17.0 Å². The van der Waals surface area contributed by atoms with E-state index in [0.29, 0.717) is 30.2 Å². The summed E-state index contributed by atoms with van der Waals surface area (Å²) < 4.78 is 40.5. The van der Waals surface area contributed by atoms with Gasteiger partial charge in [0.15, 0.2) is 25.3 Å². The van der Waals surface area contributed by atoms with Gasteiger partial charge < -0.3 is 43.8 Å². The topological polar surface area (TPSA) is 171 Å². The van der Waals surface area contributed by atoms with Gasteiger partial charge in [-0.1, -0.05) is 12.1 Å². The normalized spacial score (nSPS) is 21.2. The van der Waals surface area contributed by atoms with Crippen LogP contribution >= 0.6 is 16.0 Å². The first-order valence-electron chi connectivity index (χ1n) is 14.0. The molecule has 6 rings (SSSR count). The minimum Gasteiger partial charge on any atom is -0.492 e. The number of ether oxygens (including phenoxy) is 2. The van der Waals surface area contributed by atoms with Crippen LogP contribution in [0.4, 0.5) is 10.1 Å². The SMILES string of the molecule is COc1c(N2CC3CCCNC3C2)c(F)cc2c(=O)c(C(=O)Oc3ccc(C(P(O)O)P(=O)(O)O)cc3)cn(C3CC3)c12. The van der Waals surface area contributed by atoms with Gasteiger partial charge in [0.2, 0.25) is 5.43 Å². The molecule has 2 aliphatic heterocycles. The van der Waals surface area contributed by atoms with Crippen molar-refractivity contribution in [2.75, 3.05) is 31.6 Å². The van der Waals surface area contributed by atoms with E-state index in [2.05, 4.69) is 5.32 Å². The van der Waals surface area contributed by atoms with E-state index in [1.165, 1.54) is 43.6 Å². The average Bonchev–Trinajstić information content (AvgIpc) is 3.70. The van der Waals surface area contributed by atoms with Crippen LogP contribution < -0.4 is 25.1 Å². The van der Waals surface area contributed by atoms with Crippen LogP contribution in [0.1, 0.15) is 53.0 Å². The molecule has 5 N–H and O–H groups in total. The summed E-state index contributed by atoms with van der Waals surface area (Å²) >= 11 is 0. The fraction of sp³-hybridized carbons (Fsp3) is 0.429. The van der Waals surface area contributed by atoms with Gasteiger partial charge in [-0.2, -0.15) is 0 Å². The summed E-state index contributed by atoms with van der Waals surface area (Å²) in [5.41, 5.74) is -0.364. The lowest BCUT2D eigenvalue weighted by Crippen LogP contribution is -2.40. The van der Waals surface area contributed by atoms with E-state index in [0.717, 1.165) is 32.2 Å². The van der Waals surface area contributed by atoms with E-state index in [4.69, 9.17) is 9.47 Å². The Kier molecular flexibility index (Phi) is 8.10. The van der Waals surface area contributed by atoms with E-state index in [1.54, 1.807) is 4.57 Å². The molecule has 230 valence electrons. The molecule has 1 saturated carbocycles. The van der Waals surface area contributed by atoms with E-state index in [-0.39, 0.29) is 40.1 Å². The van der Waals surface area contributed by atoms with Crippen LogP contribution in [-0.4, -0.2) is 62.9 Å².